The van der Waals surface area contributed by atoms with E-state index in [-0.39, 0.29) is 0 Å². The zero-order valence-corrected chi connectivity index (χ0v) is 39.2. The Morgan fingerprint density at radius 3 is 1.38 bits per heavy atom. The summed E-state index contributed by atoms with van der Waals surface area (Å²) < 4.78 is 6.82. The molecular formula is C67H49N3O. The second-order valence-corrected chi connectivity index (χ2v) is 18.2. The van der Waals surface area contributed by atoms with Crippen molar-refractivity contribution in [1.29, 1.82) is 0 Å². The first-order valence-electron chi connectivity index (χ1n) is 24.5. The first-order chi connectivity index (χ1) is 35.2. The number of aryl methyl sites for hydroxylation is 4. The molecule has 0 amide bonds. The number of hydrogen-bond acceptors (Lipinski definition) is 4. The van der Waals surface area contributed by atoms with Crippen molar-refractivity contribution in [2.75, 3.05) is 0 Å². The van der Waals surface area contributed by atoms with Gasteiger partial charge in [0.1, 0.15) is 11.2 Å². The van der Waals surface area contributed by atoms with Crippen LogP contribution in [0.4, 0.5) is 0 Å². The summed E-state index contributed by atoms with van der Waals surface area (Å²) in [7, 11) is 0. The molecule has 0 radical (unpaired) electrons. The minimum atomic E-state index is 0.860. The Bertz CT molecular complexity index is 3670. The molecular weight excluding hydrogens is 863 g/mol. The van der Waals surface area contributed by atoms with Crippen molar-refractivity contribution in [3.8, 4) is 78.3 Å². The molecule has 4 heteroatoms. The highest BCUT2D eigenvalue weighted by Crippen LogP contribution is 2.43. The molecule has 0 saturated carbocycles. The molecule has 4 aromatic heterocycles. The number of hydrogen-bond donors (Lipinski definition) is 0. The van der Waals surface area contributed by atoms with Gasteiger partial charge in [-0.3, -0.25) is 15.0 Å². The van der Waals surface area contributed by atoms with Crippen molar-refractivity contribution in [2.24, 2.45) is 0 Å². The van der Waals surface area contributed by atoms with Crippen LogP contribution in [-0.4, -0.2) is 15.0 Å². The van der Waals surface area contributed by atoms with Gasteiger partial charge in [-0.15, -0.1) is 0 Å². The van der Waals surface area contributed by atoms with E-state index in [1.165, 1.54) is 38.9 Å². The van der Waals surface area contributed by atoms with Gasteiger partial charge < -0.3 is 4.42 Å². The Labute approximate surface area is 414 Å². The fourth-order valence-electron chi connectivity index (χ4n) is 10.0. The summed E-state index contributed by atoms with van der Waals surface area (Å²) >= 11 is 0. The highest BCUT2D eigenvalue weighted by atomic mass is 16.3. The maximum Gasteiger partial charge on any atom is 0.143 e. The summed E-state index contributed by atoms with van der Waals surface area (Å²) in [5.74, 6) is 0. The van der Waals surface area contributed by atoms with Crippen LogP contribution in [0, 0.1) is 0 Å². The van der Waals surface area contributed by atoms with E-state index in [1.807, 2.05) is 48.9 Å². The number of pyridine rings is 3. The molecule has 0 saturated heterocycles. The van der Waals surface area contributed by atoms with Crippen LogP contribution in [0.2, 0.25) is 0 Å². The lowest BCUT2D eigenvalue weighted by molar-refractivity contribution is 0.670. The Morgan fingerprint density at radius 1 is 0.268 bits per heavy atom. The largest absolute Gasteiger partial charge is 0.455 e. The molecule has 0 N–H and O–H groups in total. The lowest BCUT2D eigenvalue weighted by atomic mass is 9.86. The molecule has 0 bridgehead atoms. The predicted octanol–water partition coefficient (Wildman–Crippen LogP) is 17.0. The van der Waals surface area contributed by atoms with Crippen molar-refractivity contribution in [3.05, 3.63) is 271 Å². The Morgan fingerprint density at radius 2 is 0.775 bits per heavy atom. The number of benzene rings is 8. The quantitative estimate of drug-likeness (QED) is 0.116. The summed E-state index contributed by atoms with van der Waals surface area (Å²) in [6.45, 7) is 0. The third kappa shape index (κ3) is 9.19. The van der Waals surface area contributed by atoms with Crippen LogP contribution in [0.5, 0.6) is 0 Å². The Kier molecular flexibility index (Phi) is 11.9. The van der Waals surface area contributed by atoms with E-state index in [9.17, 15) is 0 Å². The van der Waals surface area contributed by atoms with Gasteiger partial charge in [0.05, 0.1) is 17.1 Å². The lowest BCUT2D eigenvalue weighted by Gasteiger charge is -2.18. The van der Waals surface area contributed by atoms with Gasteiger partial charge >= 0.3 is 0 Å². The van der Waals surface area contributed by atoms with E-state index in [0.717, 1.165) is 109 Å². The van der Waals surface area contributed by atoms with Crippen LogP contribution in [-0.2, 0) is 25.7 Å². The van der Waals surface area contributed by atoms with Crippen LogP contribution in [0.3, 0.4) is 0 Å². The zero-order chi connectivity index (χ0) is 47.3. The number of furan rings is 1. The summed E-state index contributed by atoms with van der Waals surface area (Å²) in [6.07, 6.45) is 9.25. The van der Waals surface area contributed by atoms with Crippen molar-refractivity contribution in [3.63, 3.8) is 0 Å². The number of nitrogens with zero attached hydrogens (tertiary/aromatic N) is 3. The molecule has 0 aliphatic heterocycles. The average molecular weight is 912 g/mol. The maximum atomic E-state index is 6.82. The summed E-state index contributed by atoms with van der Waals surface area (Å²) in [5.41, 5.74) is 22.4. The van der Waals surface area contributed by atoms with E-state index in [4.69, 9.17) is 9.40 Å². The molecule has 338 valence electrons. The molecule has 0 fully saturated rings. The summed E-state index contributed by atoms with van der Waals surface area (Å²) in [5, 5.41) is 2.21. The van der Waals surface area contributed by atoms with E-state index in [0.29, 0.717) is 0 Å². The molecule has 0 aliphatic carbocycles. The van der Waals surface area contributed by atoms with Crippen molar-refractivity contribution in [2.45, 2.75) is 25.7 Å². The predicted molar refractivity (Wildman–Crippen MR) is 293 cm³/mol. The Hall–Kier alpha value is -8.99. The van der Waals surface area contributed by atoms with Crippen molar-refractivity contribution >= 4 is 21.9 Å². The molecule has 71 heavy (non-hydrogen) atoms. The van der Waals surface area contributed by atoms with Crippen molar-refractivity contribution in [1.82, 2.24) is 15.0 Å². The molecule has 12 rings (SSSR count). The first-order valence-corrected chi connectivity index (χ1v) is 24.5. The summed E-state index contributed by atoms with van der Waals surface area (Å²) in [4.78, 5) is 13.9. The normalized spacial score (nSPS) is 11.3. The van der Waals surface area contributed by atoms with Gasteiger partial charge in [0.15, 0.2) is 0 Å². The topological polar surface area (TPSA) is 51.8 Å². The van der Waals surface area contributed by atoms with Gasteiger partial charge in [0.2, 0.25) is 0 Å². The third-order valence-corrected chi connectivity index (χ3v) is 13.7. The Balaban J connectivity index is 0.934. The monoisotopic (exact) mass is 911 g/mol. The molecule has 4 heterocycles. The average Bonchev–Trinajstić information content (AvgIpc) is 3.83. The third-order valence-electron chi connectivity index (χ3n) is 13.7. The van der Waals surface area contributed by atoms with E-state index >= 15 is 0 Å². The van der Waals surface area contributed by atoms with Crippen LogP contribution < -0.4 is 0 Å². The minimum Gasteiger partial charge on any atom is -0.455 e. The van der Waals surface area contributed by atoms with E-state index in [1.54, 1.807) is 0 Å². The first kappa shape index (κ1) is 43.3. The second-order valence-electron chi connectivity index (χ2n) is 18.2. The fourth-order valence-corrected chi connectivity index (χ4v) is 10.0. The smallest absolute Gasteiger partial charge is 0.143 e. The van der Waals surface area contributed by atoms with Gasteiger partial charge in [0, 0.05) is 51.6 Å². The highest BCUT2D eigenvalue weighted by Gasteiger charge is 2.19. The molecule has 4 nitrogen and oxygen atoms in total. The molecule has 0 spiro atoms. The number of fused-ring (bicyclic) bond motifs is 3. The minimum absolute atomic E-state index is 0.860. The van der Waals surface area contributed by atoms with Crippen molar-refractivity contribution < 1.29 is 4.42 Å². The molecule has 0 aliphatic rings. The fraction of sp³-hybridized carbons (Fsp3) is 0.0597. The van der Waals surface area contributed by atoms with Crippen LogP contribution in [0.15, 0.2) is 254 Å². The molecule has 0 atom stereocenters. The SMILES string of the molecule is c1ccc(-c2cccc3c2oc2cc(-c4cc(-c5ccccn5)ccc4-c4ccccc4-c4cc(CCc5ccc(-c6ccccn6)cc5)cc(CCc5ccc(-c6ccccn6)cc5)c4)ccc23)cc1. The molecule has 0 unspecified atom stereocenters. The van der Waals surface area contributed by atoms with Crippen LogP contribution >= 0.6 is 0 Å². The van der Waals surface area contributed by atoms with Gasteiger partial charge in [0.25, 0.3) is 0 Å². The van der Waals surface area contributed by atoms with Gasteiger partial charge in [-0.1, -0.05) is 176 Å². The summed E-state index contributed by atoms with van der Waals surface area (Å²) in [6, 6.07) is 82.6. The van der Waals surface area contributed by atoms with Gasteiger partial charge in [-0.05, 0) is 141 Å². The standard InChI is InChI=1S/C67H49N3O/c1-2-13-50(14-3-1)57-17-12-18-61-60-37-34-53(45-66(60)71-67(57)61)62-44-54(65-21-8-11-40-70-65)35-36-59(62)58-16-5-4-15-56(58)55-42-48(24-22-46-26-30-51(31-27-46)63-19-6-9-38-68-63)41-49(43-55)25-23-47-28-32-52(33-29-47)64-20-7-10-39-69-64/h1-21,26-45H,22-25H2. The highest BCUT2D eigenvalue weighted by molar-refractivity contribution is 6.10. The van der Waals surface area contributed by atoms with Crippen LogP contribution in [0.1, 0.15) is 22.3 Å². The number of rotatable bonds is 13. The van der Waals surface area contributed by atoms with Crippen LogP contribution in [0.25, 0.3) is 100 Å². The van der Waals surface area contributed by atoms with E-state index < -0.39 is 0 Å². The lowest BCUT2D eigenvalue weighted by Crippen LogP contribution is -1.98. The molecule has 12 aromatic rings. The maximum absolute atomic E-state index is 6.82. The van der Waals surface area contributed by atoms with Gasteiger partial charge in [-0.2, -0.15) is 0 Å². The van der Waals surface area contributed by atoms with E-state index in [2.05, 4.69) is 210 Å². The second kappa shape index (κ2) is 19.6. The van der Waals surface area contributed by atoms with Gasteiger partial charge in [-0.25, -0.2) is 0 Å². The number of para-hydroxylation sites is 1. The number of aromatic nitrogens is 3. The zero-order valence-electron chi connectivity index (χ0n) is 39.2. The molecule has 8 aromatic carbocycles.